The first kappa shape index (κ1) is 11.3. The van der Waals surface area contributed by atoms with Crippen molar-refractivity contribution in [3.05, 3.63) is 57.5 Å². The largest absolute Gasteiger partial charge is 0.309 e. The number of thiophene rings is 1. The van der Waals surface area contributed by atoms with Crippen LogP contribution >= 0.6 is 11.3 Å². The number of aryl methyl sites for hydroxylation is 1. The van der Waals surface area contributed by atoms with E-state index in [9.17, 15) is 4.39 Å². The van der Waals surface area contributed by atoms with Crippen LogP contribution in [0.5, 0.6) is 0 Å². The summed E-state index contributed by atoms with van der Waals surface area (Å²) in [5.74, 6) is -0.174. The molecule has 1 aromatic heterocycles. The fourth-order valence-corrected chi connectivity index (χ4v) is 2.72. The fraction of sp³-hybridized carbons (Fsp3) is 0.231. The summed E-state index contributed by atoms with van der Waals surface area (Å²) in [7, 11) is 1.89. The second-order valence-electron chi connectivity index (χ2n) is 3.80. The van der Waals surface area contributed by atoms with E-state index in [0.29, 0.717) is 0 Å². The van der Waals surface area contributed by atoms with Crippen molar-refractivity contribution in [2.75, 3.05) is 7.05 Å². The Morgan fingerprint density at radius 2 is 2.12 bits per heavy atom. The summed E-state index contributed by atoms with van der Waals surface area (Å²) in [6.07, 6.45) is 0. The molecule has 1 aromatic carbocycles. The molecule has 0 spiro atoms. The molecule has 0 saturated heterocycles. The topological polar surface area (TPSA) is 12.0 Å². The summed E-state index contributed by atoms with van der Waals surface area (Å²) >= 11 is 1.68. The van der Waals surface area contributed by atoms with Crippen LogP contribution in [0.1, 0.15) is 22.0 Å². The predicted octanol–water partition coefficient (Wildman–Crippen LogP) is 3.50. The zero-order valence-electron chi connectivity index (χ0n) is 9.33. The summed E-state index contributed by atoms with van der Waals surface area (Å²) in [4.78, 5) is 1.20. The Balaban J connectivity index is 2.41. The van der Waals surface area contributed by atoms with E-state index in [1.807, 2.05) is 31.5 Å². The van der Waals surface area contributed by atoms with Crippen LogP contribution in [0.15, 0.2) is 35.7 Å². The van der Waals surface area contributed by atoms with Crippen molar-refractivity contribution in [1.29, 1.82) is 0 Å². The number of benzene rings is 1. The van der Waals surface area contributed by atoms with E-state index >= 15 is 0 Å². The van der Waals surface area contributed by atoms with Gasteiger partial charge in [0.25, 0.3) is 0 Å². The number of hydrogen-bond donors (Lipinski definition) is 1. The second-order valence-corrected chi connectivity index (χ2v) is 4.78. The minimum Gasteiger partial charge on any atom is -0.309 e. The highest BCUT2D eigenvalue weighted by molar-refractivity contribution is 7.10. The average molecular weight is 235 g/mol. The minimum absolute atomic E-state index is 0.0781. The first-order valence-electron chi connectivity index (χ1n) is 5.18. The summed E-state index contributed by atoms with van der Waals surface area (Å²) in [5, 5.41) is 5.25. The molecule has 1 heterocycles. The quantitative estimate of drug-likeness (QED) is 0.858. The Kier molecular flexibility index (Phi) is 3.36. The first-order chi connectivity index (χ1) is 7.70. The van der Waals surface area contributed by atoms with Gasteiger partial charge in [0.2, 0.25) is 0 Å². The lowest BCUT2D eigenvalue weighted by Gasteiger charge is -2.15. The SMILES string of the molecule is CNC(c1cc(C)cc(F)c1)c1cccs1. The van der Waals surface area contributed by atoms with Crippen LogP contribution in [0.25, 0.3) is 0 Å². The zero-order chi connectivity index (χ0) is 11.5. The molecule has 0 radical (unpaired) electrons. The van der Waals surface area contributed by atoms with Crippen molar-refractivity contribution in [1.82, 2.24) is 5.32 Å². The van der Waals surface area contributed by atoms with Crippen LogP contribution in [-0.4, -0.2) is 7.05 Å². The van der Waals surface area contributed by atoms with Gasteiger partial charge in [-0.25, -0.2) is 4.39 Å². The number of hydrogen-bond acceptors (Lipinski definition) is 2. The highest BCUT2D eigenvalue weighted by Gasteiger charge is 2.13. The standard InChI is InChI=1S/C13H14FNS/c1-9-6-10(8-11(14)7-9)13(15-2)12-4-3-5-16-12/h3-8,13,15H,1-2H3. The molecule has 1 unspecified atom stereocenters. The second kappa shape index (κ2) is 4.76. The summed E-state index contributed by atoms with van der Waals surface area (Å²) in [5.41, 5.74) is 1.93. The molecule has 0 amide bonds. The third kappa shape index (κ3) is 2.31. The molecular weight excluding hydrogens is 221 g/mol. The maximum absolute atomic E-state index is 13.3. The average Bonchev–Trinajstić information content (AvgIpc) is 2.70. The number of halogens is 1. The Morgan fingerprint density at radius 1 is 1.31 bits per heavy atom. The van der Waals surface area contributed by atoms with Crippen molar-refractivity contribution >= 4 is 11.3 Å². The first-order valence-corrected chi connectivity index (χ1v) is 6.06. The van der Waals surface area contributed by atoms with Crippen LogP contribution in [-0.2, 0) is 0 Å². The van der Waals surface area contributed by atoms with E-state index in [1.165, 1.54) is 4.88 Å². The molecule has 2 rings (SSSR count). The van der Waals surface area contributed by atoms with Crippen molar-refractivity contribution < 1.29 is 4.39 Å². The summed E-state index contributed by atoms with van der Waals surface area (Å²) in [6.45, 7) is 1.91. The molecule has 16 heavy (non-hydrogen) atoms. The molecule has 0 aliphatic rings. The van der Waals surface area contributed by atoms with E-state index in [0.717, 1.165) is 11.1 Å². The molecule has 0 aliphatic heterocycles. The van der Waals surface area contributed by atoms with Gasteiger partial charge < -0.3 is 5.32 Å². The maximum Gasteiger partial charge on any atom is 0.123 e. The van der Waals surface area contributed by atoms with Gasteiger partial charge in [0, 0.05) is 4.88 Å². The Morgan fingerprint density at radius 3 is 2.69 bits per heavy atom. The van der Waals surface area contributed by atoms with Gasteiger partial charge in [-0.15, -0.1) is 11.3 Å². The highest BCUT2D eigenvalue weighted by Crippen LogP contribution is 2.26. The Hall–Kier alpha value is -1.19. The van der Waals surface area contributed by atoms with Crippen LogP contribution in [0.3, 0.4) is 0 Å². The number of rotatable bonds is 3. The van der Waals surface area contributed by atoms with Gasteiger partial charge in [-0.3, -0.25) is 0 Å². The molecule has 0 aliphatic carbocycles. The van der Waals surface area contributed by atoms with Crippen molar-refractivity contribution in [2.45, 2.75) is 13.0 Å². The molecule has 1 atom stereocenters. The molecule has 0 fully saturated rings. The molecule has 3 heteroatoms. The van der Waals surface area contributed by atoms with Gasteiger partial charge in [-0.2, -0.15) is 0 Å². The van der Waals surface area contributed by atoms with Gasteiger partial charge >= 0.3 is 0 Å². The van der Waals surface area contributed by atoms with E-state index in [1.54, 1.807) is 23.5 Å². The predicted molar refractivity (Wildman–Crippen MR) is 66.4 cm³/mol. The number of nitrogens with one attached hydrogen (secondary N) is 1. The van der Waals surface area contributed by atoms with Crippen molar-refractivity contribution in [3.63, 3.8) is 0 Å². The molecule has 0 saturated carbocycles. The third-order valence-corrected chi connectivity index (χ3v) is 3.45. The molecular formula is C13H14FNS. The van der Waals surface area contributed by atoms with Crippen molar-refractivity contribution in [2.24, 2.45) is 0 Å². The Bertz CT molecular complexity index is 445. The fourth-order valence-electron chi connectivity index (χ4n) is 1.86. The smallest absolute Gasteiger partial charge is 0.123 e. The van der Waals surface area contributed by atoms with Gasteiger partial charge in [0.05, 0.1) is 6.04 Å². The Labute approximate surface area is 98.9 Å². The lowest BCUT2D eigenvalue weighted by atomic mass is 10.0. The molecule has 1 nitrogen and oxygen atoms in total. The van der Waals surface area contributed by atoms with E-state index in [4.69, 9.17) is 0 Å². The van der Waals surface area contributed by atoms with Crippen LogP contribution in [0.2, 0.25) is 0 Å². The van der Waals surface area contributed by atoms with E-state index in [2.05, 4.69) is 11.4 Å². The highest BCUT2D eigenvalue weighted by atomic mass is 32.1. The van der Waals surface area contributed by atoms with Gasteiger partial charge in [0.15, 0.2) is 0 Å². The summed E-state index contributed by atoms with van der Waals surface area (Å²) in [6, 6.07) is 9.31. The normalized spacial score (nSPS) is 12.7. The third-order valence-electron chi connectivity index (χ3n) is 2.51. The van der Waals surface area contributed by atoms with E-state index in [-0.39, 0.29) is 11.9 Å². The maximum atomic E-state index is 13.3. The molecule has 0 bridgehead atoms. The van der Waals surface area contributed by atoms with E-state index < -0.39 is 0 Å². The molecule has 2 aromatic rings. The molecule has 1 N–H and O–H groups in total. The van der Waals surface area contributed by atoms with Gasteiger partial charge in [-0.1, -0.05) is 12.1 Å². The molecule has 84 valence electrons. The van der Waals surface area contributed by atoms with Crippen LogP contribution in [0, 0.1) is 12.7 Å². The minimum atomic E-state index is -0.174. The monoisotopic (exact) mass is 235 g/mol. The van der Waals surface area contributed by atoms with Crippen LogP contribution < -0.4 is 5.32 Å². The van der Waals surface area contributed by atoms with Crippen molar-refractivity contribution in [3.8, 4) is 0 Å². The zero-order valence-corrected chi connectivity index (χ0v) is 10.1. The lowest BCUT2D eigenvalue weighted by Crippen LogP contribution is -2.16. The summed E-state index contributed by atoms with van der Waals surface area (Å²) < 4.78 is 13.3. The van der Waals surface area contributed by atoms with Gasteiger partial charge in [-0.05, 0) is 48.7 Å². The van der Waals surface area contributed by atoms with Gasteiger partial charge in [0.1, 0.15) is 5.82 Å². The lowest BCUT2D eigenvalue weighted by molar-refractivity contribution is 0.616. The van der Waals surface area contributed by atoms with Crippen LogP contribution in [0.4, 0.5) is 4.39 Å².